The summed E-state index contributed by atoms with van der Waals surface area (Å²) in [6, 6.07) is 0. The number of nitrogens with one attached hydrogen (secondary N) is 1. The van der Waals surface area contributed by atoms with Crippen LogP contribution in [0.3, 0.4) is 0 Å². The summed E-state index contributed by atoms with van der Waals surface area (Å²) in [6.45, 7) is 2.32. The predicted octanol–water partition coefficient (Wildman–Crippen LogP) is 1.71. The molecule has 15 heavy (non-hydrogen) atoms. The van der Waals surface area contributed by atoms with Crippen molar-refractivity contribution in [3.05, 3.63) is 12.2 Å². The van der Waals surface area contributed by atoms with Crippen molar-refractivity contribution in [1.29, 1.82) is 0 Å². The first-order valence-corrected chi connectivity index (χ1v) is 5.30. The molecule has 0 saturated heterocycles. The Morgan fingerprint density at radius 1 is 1.33 bits per heavy atom. The van der Waals surface area contributed by atoms with Gasteiger partial charge in [-0.1, -0.05) is 31.9 Å². The minimum absolute atomic E-state index is 0.0225. The molecule has 0 aliphatic carbocycles. The van der Waals surface area contributed by atoms with Crippen LogP contribution in [0, 0.1) is 0 Å². The summed E-state index contributed by atoms with van der Waals surface area (Å²) in [4.78, 5) is 21.2. The SMILES string of the molecule is CCCC/C=C/CC(=O)NCCC(=O)O. The van der Waals surface area contributed by atoms with Crippen LogP contribution in [0.25, 0.3) is 0 Å². The molecule has 0 heterocycles. The van der Waals surface area contributed by atoms with E-state index in [-0.39, 0.29) is 18.9 Å². The van der Waals surface area contributed by atoms with Gasteiger partial charge < -0.3 is 10.4 Å². The molecule has 0 aliphatic heterocycles. The number of carbonyl (C=O) groups is 2. The third kappa shape index (κ3) is 10.6. The number of hydrogen-bond donors (Lipinski definition) is 2. The molecule has 4 nitrogen and oxygen atoms in total. The van der Waals surface area contributed by atoms with Gasteiger partial charge in [-0.25, -0.2) is 0 Å². The van der Waals surface area contributed by atoms with E-state index >= 15 is 0 Å². The fourth-order valence-corrected chi connectivity index (χ4v) is 1.01. The lowest BCUT2D eigenvalue weighted by molar-refractivity contribution is -0.136. The van der Waals surface area contributed by atoms with Crippen molar-refractivity contribution in [2.45, 2.75) is 39.0 Å². The molecule has 86 valence electrons. The Morgan fingerprint density at radius 3 is 2.67 bits per heavy atom. The molecule has 0 aliphatic rings. The Balaban J connectivity index is 3.40. The summed E-state index contributed by atoms with van der Waals surface area (Å²) in [5, 5.41) is 10.9. The highest BCUT2D eigenvalue weighted by molar-refractivity contribution is 5.78. The largest absolute Gasteiger partial charge is 0.481 e. The molecule has 0 saturated carbocycles. The van der Waals surface area contributed by atoms with Gasteiger partial charge in [-0.3, -0.25) is 9.59 Å². The van der Waals surface area contributed by atoms with Gasteiger partial charge in [0, 0.05) is 13.0 Å². The van der Waals surface area contributed by atoms with Gasteiger partial charge in [0.05, 0.1) is 6.42 Å². The molecule has 0 atom stereocenters. The van der Waals surface area contributed by atoms with Gasteiger partial charge in [-0.2, -0.15) is 0 Å². The number of allylic oxidation sites excluding steroid dienone is 1. The second kappa shape index (κ2) is 9.24. The molecule has 0 aromatic carbocycles. The first-order chi connectivity index (χ1) is 7.16. The predicted molar refractivity (Wildman–Crippen MR) is 58.5 cm³/mol. The van der Waals surface area contributed by atoms with E-state index in [0.717, 1.165) is 19.3 Å². The molecule has 1 amide bonds. The number of carboxylic acids is 1. The van der Waals surface area contributed by atoms with Crippen LogP contribution in [0.15, 0.2) is 12.2 Å². The minimum Gasteiger partial charge on any atom is -0.481 e. The zero-order valence-corrected chi connectivity index (χ0v) is 9.16. The van der Waals surface area contributed by atoms with Gasteiger partial charge in [0.2, 0.25) is 5.91 Å². The molecule has 0 spiro atoms. The monoisotopic (exact) mass is 213 g/mol. The standard InChI is InChI=1S/C11H19NO3/c1-2-3-4-5-6-7-10(13)12-9-8-11(14)15/h5-6H,2-4,7-9H2,1H3,(H,12,13)(H,14,15)/b6-5+. The molecule has 0 radical (unpaired) electrons. The van der Waals surface area contributed by atoms with Gasteiger partial charge in [0.1, 0.15) is 0 Å². The number of rotatable bonds is 8. The number of amides is 1. The molecule has 4 heteroatoms. The highest BCUT2D eigenvalue weighted by Gasteiger charge is 1.99. The Hall–Kier alpha value is -1.32. The van der Waals surface area contributed by atoms with Gasteiger partial charge in [0.15, 0.2) is 0 Å². The zero-order chi connectivity index (χ0) is 11.5. The average Bonchev–Trinajstić information content (AvgIpc) is 2.17. The normalized spacial score (nSPS) is 10.5. The fourth-order valence-electron chi connectivity index (χ4n) is 1.01. The second-order valence-electron chi connectivity index (χ2n) is 3.31. The van der Waals surface area contributed by atoms with Crippen LogP contribution in [-0.2, 0) is 9.59 Å². The number of aliphatic carboxylic acids is 1. The summed E-state index contributed by atoms with van der Waals surface area (Å²) in [5.74, 6) is -1.02. The third-order valence-corrected chi connectivity index (χ3v) is 1.86. The molecular weight excluding hydrogens is 194 g/mol. The van der Waals surface area contributed by atoms with E-state index in [0.29, 0.717) is 6.42 Å². The quantitative estimate of drug-likeness (QED) is 0.476. The lowest BCUT2D eigenvalue weighted by Gasteiger charge is -1.99. The molecule has 0 rings (SSSR count). The summed E-state index contributed by atoms with van der Waals surface area (Å²) in [5.41, 5.74) is 0. The van der Waals surface area contributed by atoms with E-state index in [1.165, 1.54) is 0 Å². The summed E-state index contributed by atoms with van der Waals surface area (Å²) in [7, 11) is 0. The lowest BCUT2D eigenvalue weighted by Crippen LogP contribution is -2.25. The second-order valence-corrected chi connectivity index (χ2v) is 3.31. The highest BCUT2D eigenvalue weighted by Crippen LogP contribution is 1.95. The molecule has 0 aromatic rings. The maximum Gasteiger partial charge on any atom is 0.305 e. The molecule has 0 fully saturated rings. The topological polar surface area (TPSA) is 66.4 Å². The minimum atomic E-state index is -0.895. The van der Waals surface area contributed by atoms with Crippen molar-refractivity contribution in [1.82, 2.24) is 5.32 Å². The van der Waals surface area contributed by atoms with Crippen LogP contribution in [0.1, 0.15) is 39.0 Å². The fraction of sp³-hybridized carbons (Fsp3) is 0.636. The Labute approximate surface area is 90.4 Å². The summed E-state index contributed by atoms with van der Waals surface area (Å²) in [6.07, 6.45) is 7.41. The van der Waals surface area contributed by atoms with Crippen molar-refractivity contribution < 1.29 is 14.7 Å². The smallest absolute Gasteiger partial charge is 0.305 e. The van der Waals surface area contributed by atoms with Crippen LogP contribution in [0.5, 0.6) is 0 Å². The van der Waals surface area contributed by atoms with Crippen molar-refractivity contribution in [3.8, 4) is 0 Å². The summed E-state index contributed by atoms with van der Waals surface area (Å²) >= 11 is 0. The van der Waals surface area contributed by atoms with E-state index in [4.69, 9.17) is 5.11 Å². The maximum absolute atomic E-state index is 11.1. The number of carboxylic acid groups (broad SMARTS) is 1. The molecular formula is C11H19NO3. The van der Waals surface area contributed by atoms with Crippen LogP contribution in [0.4, 0.5) is 0 Å². The van der Waals surface area contributed by atoms with Gasteiger partial charge in [0.25, 0.3) is 0 Å². The molecule has 0 aromatic heterocycles. The Kier molecular flexibility index (Phi) is 8.43. The Bertz CT molecular complexity index is 224. The van der Waals surface area contributed by atoms with Crippen molar-refractivity contribution >= 4 is 11.9 Å². The average molecular weight is 213 g/mol. The van der Waals surface area contributed by atoms with Crippen LogP contribution in [0.2, 0.25) is 0 Å². The van der Waals surface area contributed by atoms with Crippen LogP contribution >= 0.6 is 0 Å². The lowest BCUT2D eigenvalue weighted by atomic mass is 10.2. The van der Waals surface area contributed by atoms with Gasteiger partial charge >= 0.3 is 5.97 Å². The van der Waals surface area contributed by atoms with Crippen LogP contribution in [-0.4, -0.2) is 23.5 Å². The van der Waals surface area contributed by atoms with Crippen molar-refractivity contribution in [2.75, 3.05) is 6.54 Å². The first-order valence-electron chi connectivity index (χ1n) is 5.30. The third-order valence-electron chi connectivity index (χ3n) is 1.86. The Morgan fingerprint density at radius 2 is 2.07 bits per heavy atom. The number of carbonyl (C=O) groups excluding carboxylic acids is 1. The van der Waals surface area contributed by atoms with E-state index in [2.05, 4.69) is 12.2 Å². The zero-order valence-electron chi connectivity index (χ0n) is 9.16. The van der Waals surface area contributed by atoms with E-state index < -0.39 is 5.97 Å². The molecule has 0 bridgehead atoms. The number of hydrogen-bond acceptors (Lipinski definition) is 2. The summed E-state index contributed by atoms with van der Waals surface area (Å²) < 4.78 is 0. The number of unbranched alkanes of at least 4 members (excludes halogenated alkanes) is 2. The van der Waals surface area contributed by atoms with Crippen molar-refractivity contribution in [3.63, 3.8) is 0 Å². The van der Waals surface area contributed by atoms with Crippen LogP contribution < -0.4 is 5.32 Å². The molecule has 2 N–H and O–H groups in total. The van der Waals surface area contributed by atoms with E-state index in [1.54, 1.807) is 0 Å². The highest BCUT2D eigenvalue weighted by atomic mass is 16.4. The van der Waals surface area contributed by atoms with Gasteiger partial charge in [-0.15, -0.1) is 0 Å². The van der Waals surface area contributed by atoms with Crippen molar-refractivity contribution in [2.24, 2.45) is 0 Å². The van der Waals surface area contributed by atoms with Gasteiger partial charge in [-0.05, 0) is 6.42 Å². The molecule has 0 unspecified atom stereocenters. The maximum atomic E-state index is 11.1. The first kappa shape index (κ1) is 13.7. The van der Waals surface area contributed by atoms with E-state index in [1.807, 2.05) is 12.2 Å². The van der Waals surface area contributed by atoms with E-state index in [9.17, 15) is 9.59 Å².